The van der Waals surface area contributed by atoms with Gasteiger partial charge >= 0.3 is 0 Å². The largest absolute Gasteiger partial charge is 0.508 e. The Morgan fingerprint density at radius 1 is 0.654 bits per heavy atom. The Bertz CT molecular complexity index is 1770. The molecule has 11 N–H and O–H groups in total. The number of benzene rings is 2. The van der Waals surface area contributed by atoms with Crippen LogP contribution in [0.2, 0.25) is 0 Å². The zero-order chi connectivity index (χ0) is 37.8. The fourth-order valence-electron chi connectivity index (χ4n) is 6.25. The summed E-state index contributed by atoms with van der Waals surface area (Å²) in [7, 11) is 0. The molecule has 52 heavy (non-hydrogen) atoms. The number of aromatic hydroxyl groups is 3. The van der Waals surface area contributed by atoms with E-state index in [1.165, 1.54) is 38.1 Å². The van der Waals surface area contributed by atoms with Crippen LogP contribution in [0, 0.1) is 0 Å². The fourth-order valence-corrected chi connectivity index (χ4v) is 6.25. The van der Waals surface area contributed by atoms with Gasteiger partial charge < -0.3 is 89.0 Å². The number of aliphatic hydroxyl groups excluding tert-OH is 8. The summed E-state index contributed by atoms with van der Waals surface area (Å²) in [5, 5.41) is 114. The number of rotatable bonds is 8. The molecule has 19 heteroatoms. The molecule has 19 nitrogen and oxygen atoms in total. The number of phenols is 3. The van der Waals surface area contributed by atoms with Crippen LogP contribution in [-0.4, -0.2) is 155 Å². The summed E-state index contributed by atoms with van der Waals surface area (Å²) in [5.74, 6) is -2.12. The molecular weight excluding hydrogens is 700 g/mol. The van der Waals surface area contributed by atoms with E-state index in [9.17, 15) is 61.0 Å². The van der Waals surface area contributed by atoms with Gasteiger partial charge in [-0.15, -0.1) is 0 Å². The normalized spacial score (nSPS) is 38.3. The number of ether oxygens (including phenoxy) is 6. The second kappa shape index (κ2) is 15.0. The molecule has 15 unspecified atom stereocenters. The molecule has 0 bridgehead atoms. The molecule has 0 saturated carbocycles. The number of hydrogen-bond acceptors (Lipinski definition) is 19. The molecule has 0 amide bonds. The Kier molecular flexibility index (Phi) is 11.0. The van der Waals surface area contributed by atoms with E-state index >= 15 is 0 Å². The second-order valence-electron chi connectivity index (χ2n) is 12.9. The van der Waals surface area contributed by atoms with E-state index in [1.807, 2.05) is 0 Å². The van der Waals surface area contributed by atoms with Crippen molar-refractivity contribution in [2.45, 2.75) is 106 Å². The summed E-state index contributed by atoms with van der Waals surface area (Å²) < 4.78 is 39.6. The van der Waals surface area contributed by atoms with Crippen molar-refractivity contribution in [2.24, 2.45) is 0 Å². The molecule has 3 saturated heterocycles. The van der Waals surface area contributed by atoms with Gasteiger partial charge in [0, 0.05) is 17.7 Å². The first-order valence-electron chi connectivity index (χ1n) is 16.2. The monoisotopic (exact) mass is 740 g/mol. The van der Waals surface area contributed by atoms with Crippen LogP contribution in [0.25, 0.3) is 22.3 Å². The molecule has 6 rings (SSSR count). The average molecular weight is 741 g/mol. The third-order valence-corrected chi connectivity index (χ3v) is 9.25. The van der Waals surface area contributed by atoms with Crippen molar-refractivity contribution in [3.8, 4) is 34.3 Å². The van der Waals surface area contributed by atoms with E-state index in [1.54, 1.807) is 0 Å². The van der Waals surface area contributed by atoms with Crippen LogP contribution in [0.1, 0.15) is 13.8 Å². The predicted molar refractivity (Wildman–Crippen MR) is 170 cm³/mol. The van der Waals surface area contributed by atoms with Gasteiger partial charge in [-0.1, -0.05) is 0 Å². The zero-order valence-corrected chi connectivity index (χ0v) is 27.5. The molecule has 4 heterocycles. The van der Waals surface area contributed by atoms with Crippen LogP contribution in [0.5, 0.6) is 23.0 Å². The van der Waals surface area contributed by atoms with E-state index < -0.39 is 127 Å². The molecule has 0 aliphatic carbocycles. The van der Waals surface area contributed by atoms with Crippen molar-refractivity contribution in [3.05, 3.63) is 46.6 Å². The molecule has 0 spiro atoms. The zero-order valence-electron chi connectivity index (χ0n) is 27.5. The van der Waals surface area contributed by atoms with E-state index in [4.69, 9.17) is 32.8 Å². The first-order chi connectivity index (χ1) is 24.6. The lowest BCUT2D eigenvalue weighted by molar-refractivity contribution is -0.357. The molecule has 2 aromatic carbocycles. The highest BCUT2D eigenvalue weighted by molar-refractivity contribution is 5.88. The molecule has 0 radical (unpaired) electrons. The van der Waals surface area contributed by atoms with Crippen molar-refractivity contribution in [1.82, 2.24) is 0 Å². The van der Waals surface area contributed by atoms with Crippen molar-refractivity contribution in [2.75, 3.05) is 6.61 Å². The van der Waals surface area contributed by atoms with Gasteiger partial charge in [0.2, 0.25) is 17.5 Å². The minimum absolute atomic E-state index is 0.125. The Morgan fingerprint density at radius 2 is 1.27 bits per heavy atom. The Morgan fingerprint density at radius 3 is 1.96 bits per heavy atom. The first-order valence-corrected chi connectivity index (χ1v) is 16.2. The fraction of sp³-hybridized carbons (Fsp3) is 0.545. The highest BCUT2D eigenvalue weighted by Gasteiger charge is 2.51. The van der Waals surface area contributed by atoms with Crippen LogP contribution in [0.15, 0.2) is 45.6 Å². The van der Waals surface area contributed by atoms with Crippen molar-refractivity contribution < 1.29 is 89.0 Å². The van der Waals surface area contributed by atoms with Crippen molar-refractivity contribution in [1.29, 1.82) is 0 Å². The van der Waals surface area contributed by atoms with Gasteiger partial charge in [0.1, 0.15) is 89.3 Å². The van der Waals surface area contributed by atoms with Crippen LogP contribution in [-0.2, 0) is 23.7 Å². The topological polar surface area (TPSA) is 308 Å². The quantitative estimate of drug-likeness (QED) is 0.113. The SMILES string of the molecule is CC1OC(OC2C(C)OC(OCC3OC(Oc4c(-c5ccc(O)cc5)oc5cc(O)cc(O)c5c4=O)C(O)C(O)C3O)C(O)C2O)C(O)C(O)C1O. The van der Waals surface area contributed by atoms with Gasteiger partial charge in [-0.05, 0) is 38.1 Å². The van der Waals surface area contributed by atoms with Gasteiger partial charge in [-0.25, -0.2) is 0 Å². The molecule has 3 aliphatic rings. The van der Waals surface area contributed by atoms with E-state index in [2.05, 4.69) is 0 Å². The van der Waals surface area contributed by atoms with Crippen LogP contribution < -0.4 is 10.2 Å². The lowest BCUT2D eigenvalue weighted by Crippen LogP contribution is -2.63. The molecule has 3 fully saturated rings. The third-order valence-electron chi connectivity index (χ3n) is 9.25. The summed E-state index contributed by atoms with van der Waals surface area (Å²) in [5.41, 5.74) is -1.05. The van der Waals surface area contributed by atoms with Crippen LogP contribution >= 0.6 is 0 Å². The molecule has 3 aromatic rings. The number of phenolic OH excluding ortho intramolecular Hbond substituents is 3. The highest BCUT2D eigenvalue weighted by Crippen LogP contribution is 2.38. The van der Waals surface area contributed by atoms with Gasteiger partial charge in [0.25, 0.3) is 0 Å². The summed E-state index contributed by atoms with van der Waals surface area (Å²) in [6, 6.07) is 7.24. The Balaban J connectivity index is 1.19. The standard InChI is InChI=1S/C33H40O19/c1-10-19(37)22(40)25(43)32(47-10)51-28-11(2)48-31(27(45)24(28)42)46-9-17-20(38)23(41)26(44)33(50-17)52-30-21(39)18-15(36)7-14(35)8-16(18)49-29(30)12-3-5-13(34)6-4-12/h3-8,10-11,17,19-20,22-28,31-38,40-45H,9H2,1-2H3. The van der Waals surface area contributed by atoms with E-state index in [0.29, 0.717) is 0 Å². The van der Waals surface area contributed by atoms with Gasteiger partial charge in [0.15, 0.2) is 18.3 Å². The minimum atomic E-state index is -1.97. The van der Waals surface area contributed by atoms with Gasteiger partial charge in [-0.2, -0.15) is 0 Å². The van der Waals surface area contributed by atoms with E-state index in [0.717, 1.165) is 12.1 Å². The second-order valence-corrected chi connectivity index (χ2v) is 12.9. The summed E-state index contributed by atoms with van der Waals surface area (Å²) in [6.45, 7) is 2.22. The summed E-state index contributed by atoms with van der Waals surface area (Å²) in [4.78, 5) is 13.7. The minimum Gasteiger partial charge on any atom is -0.508 e. The Hall–Kier alpha value is -3.67. The maximum atomic E-state index is 13.7. The first kappa shape index (κ1) is 38.1. The molecular formula is C33H40O19. The lowest BCUT2D eigenvalue weighted by Gasteiger charge is -2.46. The molecule has 1 aromatic heterocycles. The number of aliphatic hydroxyl groups is 8. The van der Waals surface area contributed by atoms with Gasteiger partial charge in [-0.3, -0.25) is 4.79 Å². The third kappa shape index (κ3) is 7.16. The van der Waals surface area contributed by atoms with Gasteiger partial charge in [0.05, 0.1) is 18.8 Å². The smallest absolute Gasteiger partial charge is 0.239 e. The molecule has 3 aliphatic heterocycles. The van der Waals surface area contributed by atoms with Crippen molar-refractivity contribution in [3.63, 3.8) is 0 Å². The average Bonchev–Trinajstić information content (AvgIpc) is 3.10. The maximum Gasteiger partial charge on any atom is 0.239 e. The predicted octanol–water partition coefficient (Wildman–Crippen LogP) is -2.54. The summed E-state index contributed by atoms with van der Waals surface area (Å²) >= 11 is 0. The van der Waals surface area contributed by atoms with Crippen LogP contribution in [0.4, 0.5) is 0 Å². The molecule has 286 valence electrons. The highest BCUT2D eigenvalue weighted by atomic mass is 16.7. The van der Waals surface area contributed by atoms with Crippen LogP contribution in [0.3, 0.4) is 0 Å². The summed E-state index contributed by atoms with van der Waals surface area (Å²) in [6.07, 6.45) is -23.8. The number of hydrogen-bond donors (Lipinski definition) is 11. The lowest BCUT2D eigenvalue weighted by atomic mass is 9.97. The number of fused-ring (bicyclic) bond motifs is 1. The maximum absolute atomic E-state index is 13.7. The van der Waals surface area contributed by atoms with E-state index in [-0.39, 0.29) is 22.7 Å². The molecule has 15 atom stereocenters. The van der Waals surface area contributed by atoms with Crippen molar-refractivity contribution >= 4 is 11.0 Å². The Labute approximate surface area is 293 Å².